The van der Waals surface area contributed by atoms with E-state index in [1.165, 1.54) is 11.8 Å². The molecule has 7 nitrogen and oxygen atoms in total. The van der Waals surface area contributed by atoms with Gasteiger partial charge in [0.25, 0.3) is 0 Å². The first kappa shape index (κ1) is 19.3. The first-order valence-electron chi connectivity index (χ1n) is 9.58. The van der Waals surface area contributed by atoms with E-state index in [2.05, 4.69) is 20.2 Å². The van der Waals surface area contributed by atoms with Crippen LogP contribution in [0.15, 0.2) is 53.9 Å². The van der Waals surface area contributed by atoms with E-state index in [9.17, 15) is 4.79 Å². The SMILES string of the molecule is CCCC(=O)N1c2ccccc2-c2nnc(SCC)nc2OC1c1cccnc1. The summed E-state index contributed by atoms with van der Waals surface area (Å²) in [5.41, 5.74) is 2.79. The van der Waals surface area contributed by atoms with Crippen LogP contribution in [0.1, 0.15) is 38.5 Å². The molecule has 0 N–H and O–H groups in total. The minimum atomic E-state index is -0.693. The Morgan fingerprint density at radius 2 is 2.03 bits per heavy atom. The fourth-order valence-corrected chi connectivity index (χ4v) is 3.75. The molecule has 0 saturated carbocycles. The average Bonchev–Trinajstić information content (AvgIpc) is 2.89. The van der Waals surface area contributed by atoms with Crippen LogP contribution in [0.3, 0.4) is 0 Å². The van der Waals surface area contributed by atoms with Crippen LogP contribution in [0.4, 0.5) is 5.69 Å². The van der Waals surface area contributed by atoms with Crippen LogP contribution in [0.25, 0.3) is 11.3 Å². The van der Waals surface area contributed by atoms with Gasteiger partial charge in [-0.2, -0.15) is 4.98 Å². The molecule has 2 aromatic heterocycles. The standard InChI is InChI=1S/C21H21N5O2S/c1-3-8-17(27)26-16-11-6-5-10-15(16)18-19(23-21(25-24-18)29-4-2)28-20(26)14-9-7-12-22-13-14/h5-7,9-13,20H,3-4,8H2,1-2H3. The number of carbonyl (C=O) groups excluding carboxylic acids is 1. The van der Waals surface area contributed by atoms with Crippen LogP contribution in [0.2, 0.25) is 0 Å². The number of pyridine rings is 1. The van der Waals surface area contributed by atoms with Crippen LogP contribution >= 0.6 is 11.8 Å². The highest BCUT2D eigenvalue weighted by atomic mass is 32.2. The van der Waals surface area contributed by atoms with Gasteiger partial charge in [-0.25, -0.2) is 0 Å². The summed E-state index contributed by atoms with van der Waals surface area (Å²) in [4.78, 5) is 23.7. The second kappa shape index (κ2) is 8.57. The number of rotatable bonds is 5. The highest BCUT2D eigenvalue weighted by Crippen LogP contribution is 2.43. The fourth-order valence-electron chi connectivity index (χ4n) is 3.25. The number of carbonyl (C=O) groups is 1. The van der Waals surface area contributed by atoms with Gasteiger partial charge in [0.2, 0.25) is 23.2 Å². The number of nitrogens with zero attached hydrogens (tertiary/aromatic N) is 5. The molecule has 4 rings (SSSR count). The molecule has 0 aliphatic carbocycles. The minimum Gasteiger partial charge on any atom is -0.447 e. The third-order valence-corrected chi connectivity index (χ3v) is 5.21. The summed E-state index contributed by atoms with van der Waals surface area (Å²) >= 11 is 1.49. The normalized spacial score (nSPS) is 15.1. The Kier molecular flexibility index (Phi) is 5.71. The molecule has 1 amide bonds. The maximum Gasteiger partial charge on any atom is 0.247 e. The van der Waals surface area contributed by atoms with E-state index in [0.29, 0.717) is 23.2 Å². The molecule has 148 valence electrons. The molecule has 0 bridgehead atoms. The molecule has 0 fully saturated rings. The molecular formula is C21H21N5O2S. The van der Waals surface area contributed by atoms with Gasteiger partial charge in [-0.05, 0) is 24.3 Å². The summed E-state index contributed by atoms with van der Waals surface area (Å²) in [5, 5.41) is 9.17. The summed E-state index contributed by atoms with van der Waals surface area (Å²) in [6.45, 7) is 4.01. The minimum absolute atomic E-state index is 0.0299. The Morgan fingerprint density at radius 1 is 1.17 bits per heavy atom. The van der Waals surface area contributed by atoms with Crippen molar-refractivity contribution >= 4 is 23.4 Å². The molecule has 1 unspecified atom stereocenters. The third-order valence-electron chi connectivity index (χ3n) is 4.49. The molecule has 3 aromatic rings. The van der Waals surface area contributed by atoms with Gasteiger partial charge in [0, 0.05) is 29.9 Å². The molecule has 8 heteroatoms. The van der Waals surface area contributed by atoms with Crippen molar-refractivity contribution in [2.24, 2.45) is 0 Å². The van der Waals surface area contributed by atoms with Crippen molar-refractivity contribution in [3.05, 3.63) is 54.4 Å². The Bertz CT molecular complexity index is 1010. The van der Waals surface area contributed by atoms with E-state index in [4.69, 9.17) is 4.74 Å². The fraction of sp³-hybridized carbons (Fsp3) is 0.286. The maximum absolute atomic E-state index is 13.2. The topological polar surface area (TPSA) is 81.1 Å². The van der Waals surface area contributed by atoms with Crippen molar-refractivity contribution in [3.8, 4) is 17.1 Å². The number of ether oxygens (including phenoxy) is 1. The van der Waals surface area contributed by atoms with Crippen LogP contribution in [0.5, 0.6) is 5.88 Å². The van der Waals surface area contributed by atoms with Crippen molar-refractivity contribution in [3.63, 3.8) is 0 Å². The smallest absolute Gasteiger partial charge is 0.247 e. The number of anilines is 1. The number of hydrogen-bond acceptors (Lipinski definition) is 7. The van der Waals surface area contributed by atoms with Gasteiger partial charge in [-0.3, -0.25) is 14.7 Å². The van der Waals surface area contributed by atoms with Crippen LogP contribution in [0, 0.1) is 0 Å². The van der Waals surface area contributed by atoms with E-state index in [1.807, 2.05) is 50.2 Å². The van der Waals surface area contributed by atoms with Crippen LogP contribution in [-0.4, -0.2) is 31.8 Å². The quantitative estimate of drug-likeness (QED) is 0.584. The molecule has 1 aromatic carbocycles. The maximum atomic E-state index is 13.2. The number of aromatic nitrogens is 4. The molecule has 1 aliphatic heterocycles. The summed E-state index contributed by atoms with van der Waals surface area (Å²) in [6, 6.07) is 11.4. The van der Waals surface area contributed by atoms with Crippen molar-refractivity contribution in [1.29, 1.82) is 0 Å². The monoisotopic (exact) mass is 407 g/mol. The molecule has 1 atom stereocenters. The molecule has 0 spiro atoms. The lowest BCUT2D eigenvalue weighted by Gasteiger charge is -2.30. The lowest BCUT2D eigenvalue weighted by atomic mass is 10.1. The molecule has 0 radical (unpaired) electrons. The summed E-state index contributed by atoms with van der Waals surface area (Å²) in [5.74, 6) is 1.16. The zero-order chi connectivity index (χ0) is 20.2. The highest BCUT2D eigenvalue weighted by Gasteiger charge is 2.35. The van der Waals surface area contributed by atoms with E-state index < -0.39 is 6.23 Å². The number of benzene rings is 1. The number of hydrogen-bond donors (Lipinski definition) is 0. The Balaban J connectivity index is 1.93. The third kappa shape index (κ3) is 3.80. The summed E-state index contributed by atoms with van der Waals surface area (Å²) < 4.78 is 6.33. The summed E-state index contributed by atoms with van der Waals surface area (Å²) in [7, 11) is 0. The van der Waals surface area contributed by atoms with Gasteiger partial charge in [0.15, 0.2) is 5.69 Å². The van der Waals surface area contributed by atoms with E-state index in [0.717, 1.165) is 29.0 Å². The van der Waals surface area contributed by atoms with Gasteiger partial charge in [-0.15, -0.1) is 10.2 Å². The lowest BCUT2D eigenvalue weighted by Crippen LogP contribution is -2.37. The van der Waals surface area contributed by atoms with Crippen molar-refractivity contribution < 1.29 is 9.53 Å². The highest BCUT2D eigenvalue weighted by molar-refractivity contribution is 7.99. The van der Waals surface area contributed by atoms with Gasteiger partial charge in [-0.1, -0.05) is 49.9 Å². The van der Waals surface area contributed by atoms with Crippen molar-refractivity contribution in [2.75, 3.05) is 10.7 Å². The van der Waals surface area contributed by atoms with Gasteiger partial charge in [0.05, 0.1) is 5.69 Å². The van der Waals surface area contributed by atoms with E-state index in [-0.39, 0.29) is 5.91 Å². The second-order valence-electron chi connectivity index (χ2n) is 6.47. The number of amides is 1. The second-order valence-corrected chi connectivity index (χ2v) is 7.70. The first-order valence-corrected chi connectivity index (χ1v) is 10.6. The van der Waals surface area contributed by atoms with E-state index >= 15 is 0 Å². The van der Waals surface area contributed by atoms with Gasteiger partial charge < -0.3 is 4.74 Å². The molecule has 0 saturated heterocycles. The zero-order valence-corrected chi connectivity index (χ0v) is 17.1. The zero-order valence-electron chi connectivity index (χ0n) is 16.3. The largest absolute Gasteiger partial charge is 0.447 e. The molecule has 3 heterocycles. The lowest BCUT2D eigenvalue weighted by molar-refractivity contribution is -0.120. The summed E-state index contributed by atoms with van der Waals surface area (Å²) in [6.07, 6.45) is 3.85. The average molecular weight is 407 g/mol. The van der Waals surface area contributed by atoms with Gasteiger partial charge >= 0.3 is 0 Å². The van der Waals surface area contributed by atoms with Crippen molar-refractivity contribution in [1.82, 2.24) is 20.2 Å². The Hall–Kier alpha value is -3.00. The van der Waals surface area contributed by atoms with Crippen molar-refractivity contribution in [2.45, 2.75) is 38.1 Å². The Morgan fingerprint density at radius 3 is 2.79 bits per heavy atom. The molecule has 1 aliphatic rings. The van der Waals surface area contributed by atoms with Gasteiger partial charge in [0.1, 0.15) is 0 Å². The predicted octanol–water partition coefficient (Wildman–Crippen LogP) is 4.27. The number of para-hydroxylation sites is 1. The van der Waals surface area contributed by atoms with Crippen LogP contribution < -0.4 is 9.64 Å². The Labute approximate surface area is 173 Å². The molecular weight excluding hydrogens is 386 g/mol. The molecule has 29 heavy (non-hydrogen) atoms. The predicted molar refractivity (Wildman–Crippen MR) is 112 cm³/mol. The van der Waals surface area contributed by atoms with Crippen LogP contribution in [-0.2, 0) is 4.79 Å². The van der Waals surface area contributed by atoms with E-state index in [1.54, 1.807) is 17.3 Å². The first-order chi connectivity index (χ1) is 14.2. The number of fused-ring (bicyclic) bond motifs is 3. The number of thioether (sulfide) groups is 1.